The topological polar surface area (TPSA) is 152 Å². The standard InChI is InChI=1S/C39H56N4O7S/c1-8-20-43(6)33(45)24-42(5)21-19-40-38(49)39(3,4)41-32(44)12-10-9-11-27-14-16-28(17-15-27)22-30-23-29(18-13-26(30)2)37-36(48)35(47)34(46)31(50-37)25-51-7/h1,13-18,23,25,31,34-37,46-48,51H,9-12,19-22,24H2,2-7H3,(H,40,49)(H,41,44)/t31?,34-,35+,36-,37+/m1/s1. The molecule has 2 aromatic carbocycles. The molecule has 2 aromatic rings. The third-order valence-electron chi connectivity index (χ3n) is 9.14. The van der Waals surface area contributed by atoms with Crippen LogP contribution in [0.15, 0.2) is 42.5 Å². The second-order valence-corrected chi connectivity index (χ2v) is 14.7. The summed E-state index contributed by atoms with van der Waals surface area (Å²) in [5.74, 6) is 1.86. The molecule has 1 saturated heterocycles. The van der Waals surface area contributed by atoms with E-state index in [1.54, 1.807) is 38.2 Å². The minimum absolute atomic E-state index is 0.0990. The van der Waals surface area contributed by atoms with Gasteiger partial charge in [-0.25, -0.2) is 11.4 Å². The summed E-state index contributed by atoms with van der Waals surface area (Å²) in [5.41, 5.74) is 4.16. The first kappa shape index (κ1) is 41.8. The van der Waals surface area contributed by atoms with Crippen LogP contribution in [0.2, 0.25) is 0 Å². The van der Waals surface area contributed by atoms with E-state index in [4.69, 9.17) is 11.2 Å². The van der Waals surface area contributed by atoms with Crippen LogP contribution >= 0.6 is 11.4 Å². The van der Waals surface area contributed by atoms with E-state index < -0.39 is 36.1 Å². The maximum Gasteiger partial charge on any atom is 0.245 e. The molecule has 1 fully saturated rings. The number of hydrogen-bond acceptors (Lipinski definition) is 8. The normalized spacial score (nSPS) is 20.8. The third kappa shape index (κ3) is 12.6. The van der Waals surface area contributed by atoms with Gasteiger partial charge in [0.25, 0.3) is 0 Å². The zero-order valence-corrected chi connectivity index (χ0v) is 31.7. The summed E-state index contributed by atoms with van der Waals surface area (Å²) in [6, 6.07) is 14.3. The molecule has 51 heavy (non-hydrogen) atoms. The van der Waals surface area contributed by atoms with E-state index in [1.807, 2.05) is 31.4 Å². The molecular weight excluding hydrogens is 669 g/mol. The largest absolute Gasteiger partial charge is 0.387 e. The van der Waals surface area contributed by atoms with Gasteiger partial charge >= 0.3 is 0 Å². The lowest BCUT2D eigenvalue weighted by Crippen LogP contribution is -2.55. The van der Waals surface area contributed by atoms with Crippen molar-refractivity contribution in [2.45, 2.75) is 88.9 Å². The Kier molecular flexibility index (Phi) is 16.3. The average molecular weight is 725 g/mol. The number of carbonyl (C=O) groups excluding carboxylic acids is 3. The van der Waals surface area contributed by atoms with E-state index >= 15 is 0 Å². The van der Waals surface area contributed by atoms with Gasteiger partial charge in [-0.3, -0.25) is 19.3 Å². The molecule has 0 aliphatic carbocycles. The predicted molar refractivity (Wildman–Crippen MR) is 204 cm³/mol. The van der Waals surface area contributed by atoms with E-state index in [0.717, 1.165) is 46.4 Å². The average Bonchev–Trinajstić information content (AvgIpc) is 3.08. The molecule has 1 heterocycles. The van der Waals surface area contributed by atoms with Crippen molar-refractivity contribution in [2.24, 2.45) is 0 Å². The van der Waals surface area contributed by atoms with Crippen LogP contribution in [0.3, 0.4) is 0 Å². The Balaban J connectivity index is 1.42. The molecule has 0 radical (unpaired) electrons. The summed E-state index contributed by atoms with van der Waals surface area (Å²) >= 11 is 0.908. The number of likely N-dealkylation sites (N-methyl/N-ethyl adjacent to an activating group) is 2. The van der Waals surface area contributed by atoms with Crippen LogP contribution in [-0.4, -0.2) is 125 Å². The lowest BCUT2D eigenvalue weighted by atomic mass is 9.89. The predicted octanol–water partition coefficient (Wildman–Crippen LogP) is 1.75. The molecule has 0 bridgehead atoms. The minimum Gasteiger partial charge on any atom is -0.387 e. The third-order valence-corrected chi connectivity index (χ3v) is 9.73. The molecule has 12 heteroatoms. The van der Waals surface area contributed by atoms with Crippen LogP contribution in [0.5, 0.6) is 0 Å². The molecule has 5 atom stereocenters. The Hall–Kier alpha value is -3.57. The number of benzene rings is 2. The van der Waals surface area contributed by atoms with E-state index in [9.17, 15) is 29.7 Å². The molecule has 1 aliphatic heterocycles. The van der Waals surface area contributed by atoms with Gasteiger partial charge in [0.05, 0.1) is 13.1 Å². The minimum atomic E-state index is -1.31. The van der Waals surface area contributed by atoms with Crippen LogP contribution in [-0.2, 0) is 32.0 Å². The van der Waals surface area contributed by atoms with Crippen molar-refractivity contribution < 1.29 is 34.4 Å². The van der Waals surface area contributed by atoms with Gasteiger partial charge in [-0.2, -0.15) is 0 Å². The Bertz CT molecular complexity index is 1540. The number of ether oxygens (including phenoxy) is 1. The summed E-state index contributed by atoms with van der Waals surface area (Å²) in [7, 11) is 3.44. The second kappa shape index (κ2) is 19.9. The van der Waals surface area contributed by atoms with E-state index in [-0.39, 0.29) is 30.8 Å². The zero-order valence-electron chi connectivity index (χ0n) is 30.8. The van der Waals surface area contributed by atoms with Crippen molar-refractivity contribution in [3.63, 3.8) is 0 Å². The molecule has 3 rings (SSSR count). The fraction of sp³-hybridized carbons (Fsp3) is 0.538. The molecular formula is C39H56N4O7S. The van der Waals surface area contributed by atoms with Crippen molar-refractivity contribution in [3.05, 3.63) is 70.3 Å². The number of amides is 3. The second-order valence-electron chi connectivity index (χ2n) is 13.9. The smallest absolute Gasteiger partial charge is 0.245 e. The van der Waals surface area contributed by atoms with Crippen molar-refractivity contribution >= 4 is 34.4 Å². The highest BCUT2D eigenvalue weighted by Crippen LogP contribution is 2.33. The van der Waals surface area contributed by atoms with Gasteiger partial charge in [-0.15, -0.1) is 6.42 Å². The molecule has 0 saturated carbocycles. The molecule has 280 valence electrons. The summed E-state index contributed by atoms with van der Waals surface area (Å²) in [6.45, 7) is 6.62. The first-order chi connectivity index (χ1) is 24.2. The number of aliphatic hydroxyl groups excluding tert-OH is 3. The first-order valence-electron chi connectivity index (χ1n) is 17.4. The van der Waals surface area contributed by atoms with Crippen LogP contribution in [0, 0.1) is 19.3 Å². The van der Waals surface area contributed by atoms with Crippen LogP contribution < -0.4 is 10.6 Å². The van der Waals surface area contributed by atoms with Gasteiger partial charge in [0, 0.05) is 26.6 Å². The van der Waals surface area contributed by atoms with Crippen LogP contribution in [0.4, 0.5) is 0 Å². The fourth-order valence-corrected chi connectivity index (χ4v) is 6.41. The van der Waals surface area contributed by atoms with Crippen LogP contribution in [0.1, 0.15) is 67.0 Å². The number of terminal acetylenes is 1. The van der Waals surface area contributed by atoms with Gasteiger partial charge in [-0.05, 0) is 92.9 Å². The Morgan fingerprint density at radius 1 is 1.02 bits per heavy atom. The number of thiol groups is 1. The Morgan fingerprint density at radius 2 is 1.71 bits per heavy atom. The number of rotatable bonds is 17. The van der Waals surface area contributed by atoms with Gasteiger partial charge < -0.3 is 35.6 Å². The maximum absolute atomic E-state index is 12.8. The highest BCUT2D eigenvalue weighted by atomic mass is 32.1. The number of aryl methyl sites for hydroxylation is 2. The quantitative estimate of drug-likeness (QED) is 0.0626. The molecule has 11 nitrogen and oxygen atoms in total. The van der Waals surface area contributed by atoms with E-state index in [1.165, 1.54) is 10.5 Å². The summed E-state index contributed by atoms with van der Waals surface area (Å²) in [4.78, 5) is 40.8. The molecule has 0 spiro atoms. The van der Waals surface area contributed by atoms with E-state index in [0.29, 0.717) is 32.4 Å². The fourth-order valence-electron chi connectivity index (χ4n) is 5.87. The SMILES string of the molecule is C#CCN(C)C(=O)CN(C)CCNC(=O)C(C)(C)NC(=O)CCCCc1ccc(Cc2cc([C@@H]3OC(/C=[SH]\C)[C@@H](O)[C@H](O)[C@H]3O)ccc2C)cc1. The lowest BCUT2D eigenvalue weighted by Gasteiger charge is -2.40. The van der Waals surface area contributed by atoms with Gasteiger partial charge in [-0.1, -0.05) is 48.4 Å². The van der Waals surface area contributed by atoms with Gasteiger partial charge in [0.2, 0.25) is 17.7 Å². The Morgan fingerprint density at radius 3 is 2.37 bits per heavy atom. The number of carbonyl (C=O) groups is 3. The number of nitrogens with one attached hydrogen (secondary N) is 2. The molecule has 1 unspecified atom stereocenters. The van der Waals surface area contributed by atoms with Crippen LogP contribution in [0.25, 0.3) is 0 Å². The molecule has 5 N–H and O–H groups in total. The van der Waals surface area contributed by atoms with Gasteiger partial charge in [0.1, 0.15) is 36.1 Å². The number of hydrogen-bond donors (Lipinski definition) is 6. The highest BCUT2D eigenvalue weighted by molar-refractivity contribution is 7.96. The number of nitrogens with zero attached hydrogens (tertiary/aromatic N) is 2. The van der Waals surface area contributed by atoms with Gasteiger partial charge in [0.15, 0.2) is 0 Å². The van der Waals surface area contributed by atoms with Crippen molar-refractivity contribution in [1.29, 1.82) is 0 Å². The zero-order chi connectivity index (χ0) is 37.7. The first-order valence-corrected chi connectivity index (χ1v) is 18.8. The lowest BCUT2D eigenvalue weighted by molar-refractivity contribution is -0.204. The number of aliphatic hydroxyl groups is 3. The monoisotopic (exact) mass is 724 g/mol. The van der Waals surface area contributed by atoms with E-state index in [2.05, 4.69) is 40.8 Å². The summed E-state index contributed by atoms with van der Waals surface area (Å²) in [6.07, 6.45) is 5.32. The summed E-state index contributed by atoms with van der Waals surface area (Å²) in [5, 5.41) is 38.9. The number of unbranched alkanes of at least 4 members (excludes halogenated alkanes) is 1. The Labute approximate surface area is 306 Å². The molecule has 0 aromatic heterocycles. The molecule has 3 amide bonds. The highest BCUT2D eigenvalue weighted by Gasteiger charge is 2.43. The van der Waals surface area contributed by atoms with Crippen molar-refractivity contribution in [2.75, 3.05) is 46.5 Å². The maximum atomic E-state index is 12.8. The summed E-state index contributed by atoms with van der Waals surface area (Å²) < 4.78 is 6.03. The molecule has 1 aliphatic rings. The van der Waals surface area contributed by atoms with Crippen molar-refractivity contribution in [1.82, 2.24) is 20.4 Å². The van der Waals surface area contributed by atoms with Crippen molar-refractivity contribution in [3.8, 4) is 12.3 Å².